The summed E-state index contributed by atoms with van der Waals surface area (Å²) in [6, 6.07) is 23.6. The number of rotatable bonds is 7. The Morgan fingerprint density at radius 1 is 0.821 bits per heavy atom. The van der Waals surface area contributed by atoms with Gasteiger partial charge in [-0.25, -0.2) is 12.8 Å². The summed E-state index contributed by atoms with van der Waals surface area (Å²) in [6.45, 7) is 0. The largest absolute Gasteiger partial charge is 0.345 e. The smallest absolute Gasteiger partial charge is 0.221 e. The maximum Gasteiger partial charge on any atom is 0.221 e. The fourth-order valence-electron chi connectivity index (χ4n) is 2.92. The van der Waals surface area contributed by atoms with Crippen LogP contribution in [0.2, 0.25) is 0 Å². The van der Waals surface area contributed by atoms with E-state index < -0.39 is 33.4 Å². The summed E-state index contributed by atoms with van der Waals surface area (Å²) in [5, 5.41) is 2.89. The van der Waals surface area contributed by atoms with Crippen molar-refractivity contribution in [2.75, 3.05) is 5.75 Å². The molecular weight excluding hydrogens is 377 g/mol. The minimum atomic E-state index is -3.89. The van der Waals surface area contributed by atoms with E-state index in [-0.39, 0.29) is 11.3 Å². The van der Waals surface area contributed by atoms with Crippen LogP contribution in [0.25, 0.3) is 0 Å². The Hall–Kier alpha value is -2.99. The van der Waals surface area contributed by atoms with E-state index in [4.69, 9.17) is 0 Å². The topological polar surface area (TPSA) is 63.2 Å². The quantitative estimate of drug-likeness (QED) is 0.658. The summed E-state index contributed by atoms with van der Waals surface area (Å²) in [4.78, 5) is 12.1. The average Bonchev–Trinajstić information content (AvgIpc) is 2.72. The molecule has 4 nitrogen and oxygen atoms in total. The number of sulfone groups is 1. The third kappa shape index (κ3) is 4.84. The average molecular weight is 397 g/mol. The van der Waals surface area contributed by atoms with Crippen molar-refractivity contribution in [3.8, 4) is 0 Å². The second-order valence-electron chi connectivity index (χ2n) is 6.32. The highest BCUT2D eigenvalue weighted by Crippen LogP contribution is 2.22. The van der Waals surface area contributed by atoms with Gasteiger partial charge in [-0.2, -0.15) is 0 Å². The Balaban J connectivity index is 1.74. The lowest BCUT2D eigenvalue weighted by atomic mass is 9.98. The number of carbonyl (C=O) groups excluding carboxylic acids is 1. The van der Waals surface area contributed by atoms with E-state index in [1.807, 2.05) is 60.7 Å². The molecule has 0 aliphatic carbocycles. The van der Waals surface area contributed by atoms with Crippen molar-refractivity contribution < 1.29 is 17.6 Å². The van der Waals surface area contributed by atoms with Crippen LogP contribution < -0.4 is 5.32 Å². The van der Waals surface area contributed by atoms with Crippen LogP contribution in [0.1, 0.15) is 23.6 Å². The third-order valence-electron chi connectivity index (χ3n) is 4.34. The molecule has 0 saturated heterocycles. The summed E-state index contributed by atoms with van der Waals surface area (Å²) < 4.78 is 38.5. The van der Waals surface area contributed by atoms with Gasteiger partial charge in [0.25, 0.3) is 0 Å². The molecule has 0 radical (unpaired) electrons. The molecule has 0 spiro atoms. The van der Waals surface area contributed by atoms with Gasteiger partial charge in [0.15, 0.2) is 9.84 Å². The molecule has 0 heterocycles. The van der Waals surface area contributed by atoms with Crippen molar-refractivity contribution in [3.63, 3.8) is 0 Å². The minimum Gasteiger partial charge on any atom is -0.345 e. The first-order chi connectivity index (χ1) is 13.5. The highest BCUT2D eigenvalue weighted by Gasteiger charge is 2.22. The number of hydrogen-bond acceptors (Lipinski definition) is 3. The maximum atomic E-state index is 13.8. The van der Waals surface area contributed by atoms with Crippen LogP contribution in [-0.2, 0) is 14.6 Å². The molecule has 0 bridgehead atoms. The number of hydrogen-bond donors (Lipinski definition) is 1. The molecule has 1 amide bonds. The summed E-state index contributed by atoms with van der Waals surface area (Å²) in [7, 11) is -3.89. The Kier molecular flexibility index (Phi) is 6.21. The van der Waals surface area contributed by atoms with Crippen LogP contribution in [-0.4, -0.2) is 20.1 Å². The van der Waals surface area contributed by atoms with Gasteiger partial charge in [-0.15, -0.1) is 0 Å². The van der Waals surface area contributed by atoms with Crippen LogP contribution >= 0.6 is 0 Å². The van der Waals surface area contributed by atoms with Crippen molar-refractivity contribution in [2.24, 2.45) is 0 Å². The first kappa shape index (κ1) is 19.8. The van der Waals surface area contributed by atoms with Gasteiger partial charge in [-0.1, -0.05) is 72.8 Å². The molecule has 28 heavy (non-hydrogen) atoms. The van der Waals surface area contributed by atoms with E-state index in [1.54, 1.807) is 0 Å². The number of benzene rings is 3. The van der Waals surface area contributed by atoms with Crippen LogP contribution in [0.15, 0.2) is 89.8 Å². The molecule has 3 aromatic rings. The third-order valence-corrected chi connectivity index (χ3v) is 6.08. The molecule has 0 saturated carbocycles. The van der Waals surface area contributed by atoms with Gasteiger partial charge >= 0.3 is 0 Å². The van der Waals surface area contributed by atoms with Crippen LogP contribution in [0.5, 0.6) is 0 Å². The molecule has 3 rings (SSSR count). The number of carbonyl (C=O) groups is 1. The molecule has 1 N–H and O–H groups in total. The lowest BCUT2D eigenvalue weighted by Crippen LogP contribution is -2.30. The van der Waals surface area contributed by atoms with E-state index in [9.17, 15) is 17.6 Å². The van der Waals surface area contributed by atoms with E-state index in [0.29, 0.717) is 0 Å². The monoisotopic (exact) mass is 397 g/mol. The zero-order valence-electron chi connectivity index (χ0n) is 15.1. The van der Waals surface area contributed by atoms with Crippen molar-refractivity contribution in [1.82, 2.24) is 5.32 Å². The van der Waals surface area contributed by atoms with Crippen LogP contribution in [0.3, 0.4) is 0 Å². The zero-order chi connectivity index (χ0) is 20.0. The normalized spacial score (nSPS) is 11.4. The molecule has 0 aromatic heterocycles. The van der Waals surface area contributed by atoms with Gasteiger partial charge in [-0.05, 0) is 23.3 Å². The van der Waals surface area contributed by atoms with Gasteiger partial charge < -0.3 is 5.32 Å². The molecule has 0 aliphatic heterocycles. The lowest BCUT2D eigenvalue weighted by molar-refractivity contribution is -0.121. The second kappa shape index (κ2) is 8.80. The second-order valence-corrected chi connectivity index (χ2v) is 8.40. The van der Waals surface area contributed by atoms with Crippen molar-refractivity contribution in [3.05, 3.63) is 102 Å². The summed E-state index contributed by atoms with van der Waals surface area (Å²) >= 11 is 0. The first-order valence-corrected chi connectivity index (χ1v) is 10.5. The van der Waals surface area contributed by atoms with E-state index in [1.165, 1.54) is 18.2 Å². The van der Waals surface area contributed by atoms with Gasteiger partial charge in [0.05, 0.1) is 11.8 Å². The number of halogens is 1. The van der Waals surface area contributed by atoms with Crippen molar-refractivity contribution >= 4 is 15.7 Å². The summed E-state index contributed by atoms with van der Waals surface area (Å²) in [6.07, 6.45) is -0.257. The predicted octanol–water partition coefficient (Wildman–Crippen LogP) is 3.90. The van der Waals surface area contributed by atoms with E-state index in [2.05, 4.69) is 5.32 Å². The number of amides is 1. The summed E-state index contributed by atoms with van der Waals surface area (Å²) in [5.41, 5.74) is 1.78. The van der Waals surface area contributed by atoms with Crippen molar-refractivity contribution in [2.45, 2.75) is 17.4 Å². The lowest BCUT2D eigenvalue weighted by Gasteiger charge is -2.20. The van der Waals surface area contributed by atoms with E-state index >= 15 is 0 Å². The first-order valence-electron chi connectivity index (χ1n) is 8.84. The van der Waals surface area contributed by atoms with Gasteiger partial charge in [-0.3, -0.25) is 4.79 Å². The predicted molar refractivity (Wildman–Crippen MR) is 106 cm³/mol. The summed E-state index contributed by atoms with van der Waals surface area (Å²) in [5.74, 6) is -1.69. The standard InChI is InChI=1S/C22H20FNO3S/c23-19-13-7-8-14-20(19)28(26,27)16-15-21(25)24-22(17-9-3-1-4-10-17)18-11-5-2-6-12-18/h1-14,22H,15-16H2,(H,24,25). The van der Waals surface area contributed by atoms with Gasteiger partial charge in [0.2, 0.25) is 5.91 Å². The highest BCUT2D eigenvalue weighted by molar-refractivity contribution is 7.91. The Morgan fingerprint density at radius 3 is 1.86 bits per heavy atom. The maximum absolute atomic E-state index is 13.8. The fraction of sp³-hybridized carbons (Fsp3) is 0.136. The molecule has 0 aliphatic rings. The number of nitrogens with one attached hydrogen (secondary N) is 1. The molecule has 0 fully saturated rings. The Morgan fingerprint density at radius 2 is 1.32 bits per heavy atom. The zero-order valence-corrected chi connectivity index (χ0v) is 15.9. The molecular formula is C22H20FNO3S. The van der Waals surface area contributed by atoms with Crippen LogP contribution in [0.4, 0.5) is 4.39 Å². The van der Waals surface area contributed by atoms with Crippen LogP contribution in [0, 0.1) is 5.82 Å². The van der Waals surface area contributed by atoms with Crippen molar-refractivity contribution in [1.29, 1.82) is 0 Å². The van der Waals surface area contributed by atoms with Gasteiger partial charge in [0, 0.05) is 6.42 Å². The Labute approximate surface area is 164 Å². The molecule has 0 atom stereocenters. The van der Waals surface area contributed by atoms with Gasteiger partial charge in [0.1, 0.15) is 10.7 Å². The molecule has 0 unspecified atom stereocenters. The molecule has 6 heteroatoms. The highest BCUT2D eigenvalue weighted by atomic mass is 32.2. The minimum absolute atomic E-state index is 0.257. The molecule has 144 valence electrons. The fourth-order valence-corrected chi connectivity index (χ4v) is 4.24. The molecule has 3 aromatic carbocycles. The Bertz CT molecular complexity index is 998. The van der Waals surface area contributed by atoms with E-state index in [0.717, 1.165) is 17.2 Å². The SMILES string of the molecule is O=C(CCS(=O)(=O)c1ccccc1F)NC(c1ccccc1)c1ccccc1.